The van der Waals surface area contributed by atoms with Crippen LogP contribution in [-0.2, 0) is 21.1 Å². The monoisotopic (exact) mass is 505 g/mol. The highest BCUT2D eigenvalue weighted by molar-refractivity contribution is 7.94. The van der Waals surface area contributed by atoms with Crippen molar-refractivity contribution in [1.29, 1.82) is 0 Å². The zero-order valence-corrected chi connectivity index (χ0v) is 20.0. The van der Waals surface area contributed by atoms with Crippen LogP contribution in [0.2, 0.25) is 9.36 Å². The number of ketones is 1. The molecule has 0 unspecified atom stereocenters. The van der Waals surface area contributed by atoms with E-state index in [4.69, 9.17) is 23.2 Å². The maximum atomic E-state index is 12.9. The summed E-state index contributed by atoms with van der Waals surface area (Å²) in [6.45, 7) is 1.96. The standard InChI is InChI=1S/C23H17Cl2NO4S2/c1-14-2-4-18-16(10-14)8-9-26(23(18)28)20-5-3-15(12-19(20)24)11-17(27)13-32(29,30)22-7-6-21(25)31-22/h2-10,12H,11,13H2,1H3. The van der Waals surface area contributed by atoms with E-state index in [9.17, 15) is 18.0 Å². The van der Waals surface area contributed by atoms with E-state index in [-0.39, 0.29) is 21.2 Å². The van der Waals surface area contributed by atoms with E-state index < -0.39 is 21.4 Å². The Morgan fingerprint density at radius 2 is 1.81 bits per heavy atom. The van der Waals surface area contributed by atoms with E-state index in [0.717, 1.165) is 22.3 Å². The summed E-state index contributed by atoms with van der Waals surface area (Å²) in [6, 6.07) is 15.2. The number of Topliss-reactive ketones (excluding diaryl/α,β-unsaturated/α-hetero) is 1. The summed E-state index contributed by atoms with van der Waals surface area (Å²) in [7, 11) is -3.74. The lowest BCUT2D eigenvalue weighted by atomic mass is 10.1. The molecule has 0 N–H and O–H groups in total. The summed E-state index contributed by atoms with van der Waals surface area (Å²) in [5.74, 6) is -1.08. The van der Waals surface area contributed by atoms with Gasteiger partial charge in [0.05, 0.1) is 15.0 Å². The van der Waals surface area contributed by atoms with Crippen molar-refractivity contribution in [1.82, 2.24) is 4.57 Å². The van der Waals surface area contributed by atoms with E-state index >= 15 is 0 Å². The number of carbonyl (C=O) groups is 1. The van der Waals surface area contributed by atoms with E-state index in [1.54, 1.807) is 30.5 Å². The average molecular weight is 506 g/mol. The molecule has 0 amide bonds. The van der Waals surface area contributed by atoms with Crippen molar-refractivity contribution in [2.45, 2.75) is 17.6 Å². The molecule has 0 aliphatic heterocycles. The number of nitrogens with zero attached hydrogens (tertiary/aromatic N) is 1. The van der Waals surface area contributed by atoms with Gasteiger partial charge in [-0.05, 0) is 54.3 Å². The molecule has 9 heteroatoms. The molecule has 2 aromatic carbocycles. The third-order valence-electron chi connectivity index (χ3n) is 4.94. The first-order chi connectivity index (χ1) is 15.1. The van der Waals surface area contributed by atoms with Gasteiger partial charge in [-0.1, -0.05) is 47.0 Å². The van der Waals surface area contributed by atoms with E-state index in [1.807, 2.05) is 25.1 Å². The van der Waals surface area contributed by atoms with Gasteiger partial charge in [0.25, 0.3) is 5.56 Å². The minimum atomic E-state index is -3.74. The molecule has 5 nitrogen and oxygen atoms in total. The lowest BCUT2D eigenvalue weighted by molar-refractivity contribution is -0.116. The number of aryl methyl sites for hydroxylation is 1. The summed E-state index contributed by atoms with van der Waals surface area (Å²) in [5, 5.41) is 1.71. The highest BCUT2D eigenvalue weighted by atomic mass is 35.5. The number of fused-ring (bicyclic) bond motifs is 1. The number of sulfone groups is 1. The Labute approximate surface area is 198 Å². The molecule has 164 valence electrons. The van der Waals surface area contributed by atoms with Crippen molar-refractivity contribution in [3.63, 3.8) is 0 Å². The second-order valence-corrected chi connectivity index (χ2v) is 11.7. The fraction of sp³-hybridized carbons (Fsp3) is 0.130. The number of aromatic nitrogens is 1. The van der Waals surface area contributed by atoms with Gasteiger partial charge in [0.15, 0.2) is 15.6 Å². The smallest absolute Gasteiger partial charge is 0.262 e. The Bertz CT molecular complexity index is 1520. The third kappa shape index (κ3) is 4.66. The molecular formula is C23H17Cl2NO4S2. The van der Waals surface area contributed by atoms with E-state index in [2.05, 4.69) is 0 Å². The largest absolute Gasteiger partial charge is 0.298 e. The number of hydrogen-bond acceptors (Lipinski definition) is 5. The maximum Gasteiger partial charge on any atom is 0.262 e. The molecule has 2 heterocycles. The minimum Gasteiger partial charge on any atom is -0.298 e. The Morgan fingerprint density at radius 3 is 2.50 bits per heavy atom. The highest BCUT2D eigenvalue weighted by Gasteiger charge is 2.21. The number of halogens is 2. The van der Waals surface area contributed by atoms with Crippen LogP contribution >= 0.6 is 34.5 Å². The molecule has 2 aromatic heterocycles. The second kappa shape index (κ2) is 8.83. The van der Waals surface area contributed by atoms with Gasteiger partial charge < -0.3 is 0 Å². The Kier molecular flexibility index (Phi) is 6.27. The van der Waals surface area contributed by atoms with E-state index in [0.29, 0.717) is 21.0 Å². The number of hydrogen-bond donors (Lipinski definition) is 0. The number of carbonyl (C=O) groups excluding carboxylic acids is 1. The van der Waals surface area contributed by atoms with Crippen LogP contribution in [0.5, 0.6) is 0 Å². The molecule has 0 bridgehead atoms. The Morgan fingerprint density at radius 1 is 1.03 bits per heavy atom. The molecule has 0 atom stereocenters. The maximum absolute atomic E-state index is 12.9. The summed E-state index contributed by atoms with van der Waals surface area (Å²) in [6.07, 6.45) is 1.57. The highest BCUT2D eigenvalue weighted by Crippen LogP contribution is 2.27. The van der Waals surface area contributed by atoms with Crippen molar-refractivity contribution in [2.75, 3.05) is 5.75 Å². The number of thiophene rings is 1. The van der Waals surface area contributed by atoms with Crippen LogP contribution in [0, 0.1) is 6.92 Å². The molecule has 4 aromatic rings. The third-order valence-corrected chi connectivity index (χ3v) is 8.73. The summed E-state index contributed by atoms with van der Waals surface area (Å²) in [4.78, 5) is 25.3. The normalized spacial score (nSPS) is 11.7. The molecule has 0 spiro atoms. The van der Waals surface area contributed by atoms with Crippen LogP contribution < -0.4 is 5.56 Å². The number of rotatable bonds is 6. The summed E-state index contributed by atoms with van der Waals surface area (Å²) >= 11 is 13.1. The fourth-order valence-electron chi connectivity index (χ4n) is 3.44. The van der Waals surface area contributed by atoms with Crippen LogP contribution in [0.4, 0.5) is 0 Å². The Hall–Kier alpha value is -2.45. The van der Waals surface area contributed by atoms with Gasteiger partial charge in [0.2, 0.25) is 0 Å². The van der Waals surface area contributed by atoms with Crippen LogP contribution in [0.25, 0.3) is 16.5 Å². The van der Waals surface area contributed by atoms with Gasteiger partial charge in [-0.3, -0.25) is 14.2 Å². The molecule has 0 radical (unpaired) electrons. The van der Waals surface area contributed by atoms with E-state index in [1.165, 1.54) is 16.7 Å². The molecule has 0 saturated heterocycles. The molecule has 0 aliphatic carbocycles. The summed E-state index contributed by atoms with van der Waals surface area (Å²) in [5.41, 5.74) is 1.91. The fourth-order valence-corrected chi connectivity index (χ4v) is 6.54. The quantitative estimate of drug-likeness (QED) is 0.358. The lowest BCUT2D eigenvalue weighted by Gasteiger charge is -2.11. The van der Waals surface area contributed by atoms with Crippen LogP contribution in [0.1, 0.15) is 11.1 Å². The molecule has 32 heavy (non-hydrogen) atoms. The van der Waals surface area contributed by atoms with Crippen LogP contribution in [0.15, 0.2) is 69.8 Å². The zero-order valence-electron chi connectivity index (χ0n) is 16.8. The van der Waals surface area contributed by atoms with Gasteiger partial charge in [0.1, 0.15) is 9.96 Å². The minimum absolute atomic E-state index is 0.0649. The SMILES string of the molecule is Cc1ccc2c(=O)n(-c3ccc(CC(=O)CS(=O)(=O)c4ccc(Cl)s4)cc3Cl)ccc2c1. The first-order valence-electron chi connectivity index (χ1n) is 9.55. The van der Waals surface area contributed by atoms with Crippen molar-refractivity contribution in [3.8, 4) is 5.69 Å². The second-order valence-electron chi connectivity index (χ2n) is 7.40. The predicted octanol–water partition coefficient (Wildman–Crippen LogP) is 5.25. The van der Waals surface area contributed by atoms with Gasteiger partial charge in [-0.15, -0.1) is 11.3 Å². The first kappa shape index (κ1) is 22.7. The van der Waals surface area contributed by atoms with Crippen LogP contribution in [0.3, 0.4) is 0 Å². The molecule has 4 rings (SSSR count). The number of benzene rings is 2. The molecule has 0 fully saturated rings. The van der Waals surface area contributed by atoms with Gasteiger partial charge in [-0.25, -0.2) is 8.42 Å². The first-order valence-corrected chi connectivity index (χ1v) is 12.8. The van der Waals surface area contributed by atoms with Crippen molar-refractivity contribution in [2.24, 2.45) is 0 Å². The Balaban J connectivity index is 1.57. The van der Waals surface area contributed by atoms with Gasteiger partial charge >= 0.3 is 0 Å². The van der Waals surface area contributed by atoms with Crippen molar-refractivity contribution >= 4 is 60.9 Å². The predicted molar refractivity (Wildman–Crippen MR) is 129 cm³/mol. The molecule has 0 saturated carbocycles. The number of pyridine rings is 1. The van der Waals surface area contributed by atoms with Crippen molar-refractivity contribution < 1.29 is 13.2 Å². The molecular weight excluding hydrogens is 489 g/mol. The average Bonchev–Trinajstić information content (AvgIpc) is 3.16. The summed E-state index contributed by atoms with van der Waals surface area (Å²) < 4.78 is 26.6. The van der Waals surface area contributed by atoms with Crippen molar-refractivity contribution in [3.05, 3.63) is 91.6 Å². The topological polar surface area (TPSA) is 73.2 Å². The lowest BCUT2D eigenvalue weighted by Crippen LogP contribution is -2.19. The zero-order chi connectivity index (χ0) is 23.0. The van der Waals surface area contributed by atoms with Gasteiger partial charge in [0, 0.05) is 18.0 Å². The van der Waals surface area contributed by atoms with Gasteiger partial charge in [-0.2, -0.15) is 0 Å². The molecule has 0 aliphatic rings. The van der Waals surface area contributed by atoms with Crippen LogP contribution in [-0.4, -0.2) is 24.5 Å².